The first-order chi connectivity index (χ1) is 6.51. The van der Waals surface area contributed by atoms with Crippen molar-refractivity contribution in [2.45, 2.75) is 6.18 Å². The Kier molecular flexibility index (Phi) is 3.22. The third-order valence-corrected chi connectivity index (χ3v) is 1.55. The molecule has 0 aliphatic carbocycles. The molecule has 78 valence electrons. The van der Waals surface area contributed by atoms with Gasteiger partial charge in [0.05, 0.1) is 0 Å². The molecule has 1 rings (SSSR count). The van der Waals surface area contributed by atoms with Crippen molar-refractivity contribution >= 4 is 5.69 Å². The Morgan fingerprint density at radius 1 is 1.21 bits per heavy atom. The van der Waals surface area contributed by atoms with Crippen LogP contribution in [0.2, 0.25) is 0 Å². The van der Waals surface area contributed by atoms with E-state index >= 15 is 0 Å². The third kappa shape index (κ3) is 3.55. The summed E-state index contributed by atoms with van der Waals surface area (Å²) in [5.74, 6) is 0.210. The van der Waals surface area contributed by atoms with Crippen LogP contribution in [0.15, 0.2) is 24.3 Å². The fourth-order valence-corrected chi connectivity index (χ4v) is 0.883. The van der Waals surface area contributed by atoms with Crippen molar-refractivity contribution in [3.8, 4) is 5.75 Å². The number of ether oxygens (including phenoxy) is 1. The molecule has 0 radical (unpaired) electrons. The van der Waals surface area contributed by atoms with Crippen LogP contribution in [0.5, 0.6) is 5.75 Å². The van der Waals surface area contributed by atoms with Crippen LogP contribution in [0.1, 0.15) is 0 Å². The number of benzene rings is 1. The maximum absolute atomic E-state index is 11.7. The highest BCUT2D eigenvalue weighted by atomic mass is 19.4. The van der Waals surface area contributed by atoms with Crippen molar-refractivity contribution in [1.29, 1.82) is 0 Å². The van der Waals surface area contributed by atoms with Crippen molar-refractivity contribution in [2.75, 3.05) is 19.0 Å². The van der Waals surface area contributed by atoms with Crippen LogP contribution in [0.4, 0.5) is 18.9 Å². The zero-order valence-electron chi connectivity index (χ0n) is 7.56. The molecule has 1 N–H and O–H groups in total. The van der Waals surface area contributed by atoms with Gasteiger partial charge in [-0.25, -0.2) is 0 Å². The van der Waals surface area contributed by atoms with Crippen LogP contribution in [-0.2, 0) is 0 Å². The molecule has 0 saturated heterocycles. The molecule has 0 heterocycles. The van der Waals surface area contributed by atoms with E-state index in [0.29, 0.717) is 0 Å². The lowest BCUT2D eigenvalue weighted by Crippen LogP contribution is -2.19. The highest BCUT2D eigenvalue weighted by Gasteiger charge is 2.28. The quantitative estimate of drug-likeness (QED) is 0.819. The number of nitrogens with one attached hydrogen (secondary N) is 1. The van der Waals surface area contributed by atoms with Gasteiger partial charge in [-0.1, -0.05) is 0 Å². The van der Waals surface area contributed by atoms with Gasteiger partial charge in [0.15, 0.2) is 6.61 Å². The fourth-order valence-electron chi connectivity index (χ4n) is 0.883. The predicted molar refractivity (Wildman–Crippen MR) is 47.5 cm³/mol. The van der Waals surface area contributed by atoms with E-state index in [-0.39, 0.29) is 5.75 Å². The van der Waals surface area contributed by atoms with Crippen molar-refractivity contribution in [1.82, 2.24) is 0 Å². The molecule has 0 fully saturated rings. The second-order valence-corrected chi connectivity index (χ2v) is 2.68. The van der Waals surface area contributed by atoms with Gasteiger partial charge in [0.1, 0.15) is 5.75 Å². The van der Waals surface area contributed by atoms with Gasteiger partial charge >= 0.3 is 6.18 Å². The van der Waals surface area contributed by atoms with E-state index in [2.05, 4.69) is 10.1 Å². The first kappa shape index (κ1) is 10.7. The smallest absolute Gasteiger partial charge is 0.422 e. The maximum atomic E-state index is 11.7. The number of hydrogen-bond donors (Lipinski definition) is 1. The molecule has 0 atom stereocenters. The molecule has 5 heteroatoms. The molecule has 1 aromatic rings. The first-order valence-electron chi connectivity index (χ1n) is 3.98. The second-order valence-electron chi connectivity index (χ2n) is 2.68. The van der Waals surface area contributed by atoms with Crippen molar-refractivity contribution < 1.29 is 17.9 Å². The molecular formula is C9H10F3NO. The van der Waals surface area contributed by atoms with Gasteiger partial charge in [-0.05, 0) is 24.3 Å². The lowest BCUT2D eigenvalue weighted by atomic mass is 10.3. The summed E-state index contributed by atoms with van der Waals surface area (Å²) in [6.07, 6.45) is -4.29. The van der Waals surface area contributed by atoms with E-state index in [1.54, 1.807) is 19.2 Å². The molecule has 0 aliphatic rings. The van der Waals surface area contributed by atoms with Crippen LogP contribution in [0.3, 0.4) is 0 Å². The minimum absolute atomic E-state index is 0.210. The Morgan fingerprint density at radius 3 is 2.21 bits per heavy atom. The highest BCUT2D eigenvalue weighted by molar-refractivity contribution is 5.45. The summed E-state index contributed by atoms with van der Waals surface area (Å²) in [5, 5.41) is 2.85. The molecule has 0 aromatic heterocycles. The Labute approximate surface area is 79.7 Å². The number of rotatable bonds is 3. The maximum Gasteiger partial charge on any atom is 0.422 e. The van der Waals surface area contributed by atoms with Crippen LogP contribution < -0.4 is 10.1 Å². The lowest BCUT2D eigenvalue weighted by molar-refractivity contribution is -0.153. The zero-order valence-corrected chi connectivity index (χ0v) is 7.56. The molecular weight excluding hydrogens is 195 g/mol. The molecule has 0 saturated carbocycles. The summed E-state index contributed by atoms with van der Waals surface area (Å²) >= 11 is 0. The average molecular weight is 205 g/mol. The molecule has 0 aliphatic heterocycles. The molecule has 0 bridgehead atoms. The Balaban J connectivity index is 2.52. The van der Waals surface area contributed by atoms with Gasteiger partial charge < -0.3 is 10.1 Å². The molecule has 0 amide bonds. The third-order valence-electron chi connectivity index (χ3n) is 1.55. The average Bonchev–Trinajstić information content (AvgIpc) is 2.14. The summed E-state index contributed by atoms with van der Waals surface area (Å²) in [6, 6.07) is 6.26. The predicted octanol–water partition coefficient (Wildman–Crippen LogP) is 2.67. The summed E-state index contributed by atoms with van der Waals surface area (Å²) < 4.78 is 39.8. The van der Waals surface area contributed by atoms with E-state index in [1.165, 1.54) is 12.1 Å². The number of alkyl halides is 3. The minimum atomic E-state index is -4.29. The van der Waals surface area contributed by atoms with E-state index in [0.717, 1.165) is 5.69 Å². The largest absolute Gasteiger partial charge is 0.484 e. The van der Waals surface area contributed by atoms with Gasteiger partial charge in [-0.3, -0.25) is 0 Å². The van der Waals surface area contributed by atoms with Crippen molar-refractivity contribution in [2.24, 2.45) is 0 Å². The Hall–Kier alpha value is -1.39. The Bertz CT molecular complexity index is 281. The van der Waals surface area contributed by atoms with Gasteiger partial charge in [0.25, 0.3) is 0 Å². The van der Waals surface area contributed by atoms with E-state index in [1.807, 2.05) is 0 Å². The van der Waals surface area contributed by atoms with Crippen LogP contribution in [0, 0.1) is 0 Å². The molecule has 0 spiro atoms. The number of halogens is 3. The van der Waals surface area contributed by atoms with Gasteiger partial charge in [-0.2, -0.15) is 13.2 Å². The van der Waals surface area contributed by atoms with E-state index < -0.39 is 12.8 Å². The summed E-state index contributed by atoms with van der Waals surface area (Å²) in [5.41, 5.74) is 0.823. The van der Waals surface area contributed by atoms with Crippen LogP contribution in [-0.4, -0.2) is 19.8 Å². The van der Waals surface area contributed by atoms with Crippen LogP contribution >= 0.6 is 0 Å². The van der Waals surface area contributed by atoms with Crippen LogP contribution in [0.25, 0.3) is 0 Å². The number of hydrogen-bond acceptors (Lipinski definition) is 2. The standard InChI is InChI=1S/C9H10F3NO/c1-13-7-2-4-8(5-3-7)14-6-9(10,11)12/h2-5,13H,6H2,1H3. The second kappa shape index (κ2) is 4.21. The van der Waals surface area contributed by atoms with Crippen molar-refractivity contribution in [3.05, 3.63) is 24.3 Å². The Morgan fingerprint density at radius 2 is 1.79 bits per heavy atom. The molecule has 2 nitrogen and oxygen atoms in total. The van der Waals surface area contributed by atoms with Gasteiger partial charge in [0, 0.05) is 12.7 Å². The summed E-state index contributed by atoms with van der Waals surface area (Å²) in [4.78, 5) is 0. The minimum Gasteiger partial charge on any atom is -0.484 e. The molecule has 0 unspecified atom stereocenters. The highest BCUT2D eigenvalue weighted by Crippen LogP contribution is 2.19. The summed E-state index contributed by atoms with van der Waals surface area (Å²) in [6.45, 7) is -1.26. The van der Waals surface area contributed by atoms with E-state index in [9.17, 15) is 13.2 Å². The normalized spacial score (nSPS) is 11.1. The number of anilines is 1. The topological polar surface area (TPSA) is 21.3 Å². The van der Waals surface area contributed by atoms with Crippen molar-refractivity contribution in [3.63, 3.8) is 0 Å². The van der Waals surface area contributed by atoms with Gasteiger partial charge in [0.2, 0.25) is 0 Å². The zero-order chi connectivity index (χ0) is 10.6. The lowest BCUT2D eigenvalue weighted by Gasteiger charge is -2.09. The van der Waals surface area contributed by atoms with Gasteiger partial charge in [-0.15, -0.1) is 0 Å². The molecule has 14 heavy (non-hydrogen) atoms. The first-order valence-corrected chi connectivity index (χ1v) is 3.98. The summed E-state index contributed by atoms with van der Waals surface area (Å²) in [7, 11) is 1.73. The van der Waals surface area contributed by atoms with E-state index in [4.69, 9.17) is 0 Å². The fraction of sp³-hybridized carbons (Fsp3) is 0.333. The SMILES string of the molecule is CNc1ccc(OCC(F)(F)F)cc1. The monoisotopic (exact) mass is 205 g/mol. The molecule has 1 aromatic carbocycles.